The first-order valence-electron chi connectivity index (χ1n) is 4.42. The Labute approximate surface area is 81.7 Å². The second-order valence-electron chi connectivity index (χ2n) is 3.06. The maximum atomic E-state index is 11.3. The number of ether oxygens (including phenoxy) is 1. The Morgan fingerprint density at radius 1 is 1.50 bits per heavy atom. The van der Waals surface area contributed by atoms with Gasteiger partial charge in [-0.25, -0.2) is 4.79 Å². The molecule has 1 saturated heterocycles. The molecular weight excluding hydrogens is 186 g/mol. The van der Waals surface area contributed by atoms with Crippen LogP contribution in [0.4, 0.5) is 0 Å². The fourth-order valence-electron chi connectivity index (χ4n) is 1.30. The van der Waals surface area contributed by atoms with E-state index in [0.717, 1.165) is 0 Å². The van der Waals surface area contributed by atoms with Crippen molar-refractivity contribution in [3.8, 4) is 0 Å². The molecular formula is C9H13NO4. The minimum atomic E-state index is -1.01. The Kier molecular flexibility index (Phi) is 3.64. The Morgan fingerprint density at radius 2 is 2.14 bits per heavy atom. The number of carboxylic acids is 1. The molecule has 0 bridgehead atoms. The molecule has 1 heterocycles. The van der Waals surface area contributed by atoms with Crippen LogP contribution in [0, 0.1) is 0 Å². The number of hydrogen-bond acceptors (Lipinski definition) is 3. The van der Waals surface area contributed by atoms with Crippen molar-refractivity contribution in [2.45, 2.75) is 25.0 Å². The van der Waals surface area contributed by atoms with Crippen LogP contribution in [0.2, 0.25) is 0 Å². The number of rotatable bonds is 4. The molecule has 1 aliphatic heterocycles. The van der Waals surface area contributed by atoms with E-state index in [1.54, 1.807) is 6.08 Å². The summed E-state index contributed by atoms with van der Waals surface area (Å²) >= 11 is 0. The van der Waals surface area contributed by atoms with Gasteiger partial charge in [-0.2, -0.15) is 0 Å². The van der Waals surface area contributed by atoms with Gasteiger partial charge in [-0.3, -0.25) is 4.79 Å². The maximum absolute atomic E-state index is 11.3. The molecule has 0 saturated carbocycles. The largest absolute Gasteiger partial charge is 0.479 e. The van der Waals surface area contributed by atoms with Gasteiger partial charge in [0.15, 0.2) is 6.10 Å². The van der Waals surface area contributed by atoms with E-state index in [9.17, 15) is 9.59 Å². The minimum Gasteiger partial charge on any atom is -0.479 e. The predicted octanol–water partition coefficient (Wildman–Crippen LogP) is -0.0792. The summed E-state index contributed by atoms with van der Waals surface area (Å²) in [6.45, 7) is 3.82. The van der Waals surface area contributed by atoms with Gasteiger partial charge in [0, 0.05) is 6.54 Å². The molecule has 2 atom stereocenters. The zero-order chi connectivity index (χ0) is 10.6. The van der Waals surface area contributed by atoms with Gasteiger partial charge in [0.25, 0.3) is 0 Å². The summed E-state index contributed by atoms with van der Waals surface area (Å²) < 4.78 is 5.04. The zero-order valence-electron chi connectivity index (χ0n) is 7.73. The highest BCUT2D eigenvalue weighted by Gasteiger charge is 2.34. The molecule has 2 N–H and O–H groups in total. The van der Waals surface area contributed by atoms with Gasteiger partial charge in [0.05, 0.1) is 0 Å². The van der Waals surface area contributed by atoms with Crippen molar-refractivity contribution in [2.24, 2.45) is 0 Å². The Balaban J connectivity index is 2.37. The summed E-state index contributed by atoms with van der Waals surface area (Å²) in [5, 5.41) is 11.2. The van der Waals surface area contributed by atoms with Crippen LogP contribution in [0.15, 0.2) is 12.7 Å². The van der Waals surface area contributed by atoms with Crippen molar-refractivity contribution in [3.63, 3.8) is 0 Å². The second-order valence-corrected chi connectivity index (χ2v) is 3.06. The molecule has 14 heavy (non-hydrogen) atoms. The van der Waals surface area contributed by atoms with E-state index in [1.807, 2.05) is 0 Å². The van der Waals surface area contributed by atoms with Crippen LogP contribution in [0.1, 0.15) is 12.8 Å². The molecule has 0 aliphatic carbocycles. The van der Waals surface area contributed by atoms with Crippen LogP contribution < -0.4 is 5.32 Å². The molecule has 5 heteroatoms. The van der Waals surface area contributed by atoms with Crippen molar-refractivity contribution in [1.82, 2.24) is 5.32 Å². The molecule has 0 radical (unpaired) electrons. The molecule has 0 aromatic heterocycles. The summed E-state index contributed by atoms with van der Waals surface area (Å²) in [5.41, 5.74) is 0. The molecule has 1 aliphatic rings. The lowest BCUT2D eigenvalue weighted by molar-refractivity contribution is -0.151. The van der Waals surface area contributed by atoms with Gasteiger partial charge < -0.3 is 15.2 Å². The molecule has 0 unspecified atom stereocenters. The topological polar surface area (TPSA) is 75.6 Å². The molecule has 5 nitrogen and oxygen atoms in total. The average Bonchev–Trinajstić information content (AvgIpc) is 2.62. The zero-order valence-corrected chi connectivity index (χ0v) is 7.73. The quantitative estimate of drug-likeness (QED) is 0.621. The monoisotopic (exact) mass is 199 g/mol. The van der Waals surface area contributed by atoms with Crippen molar-refractivity contribution in [3.05, 3.63) is 12.7 Å². The number of carbonyl (C=O) groups excluding carboxylic acids is 1. The van der Waals surface area contributed by atoms with Crippen LogP contribution in [-0.2, 0) is 14.3 Å². The van der Waals surface area contributed by atoms with Gasteiger partial charge in [-0.05, 0) is 12.8 Å². The molecule has 0 spiro atoms. The van der Waals surface area contributed by atoms with Gasteiger partial charge in [0.1, 0.15) is 6.10 Å². The lowest BCUT2D eigenvalue weighted by Crippen LogP contribution is -2.35. The van der Waals surface area contributed by atoms with Crippen LogP contribution in [0.3, 0.4) is 0 Å². The molecule has 78 valence electrons. The van der Waals surface area contributed by atoms with E-state index < -0.39 is 18.2 Å². The third-order valence-corrected chi connectivity index (χ3v) is 2.01. The number of carbonyl (C=O) groups is 2. The first-order valence-corrected chi connectivity index (χ1v) is 4.42. The smallest absolute Gasteiger partial charge is 0.332 e. The highest BCUT2D eigenvalue weighted by Crippen LogP contribution is 2.19. The normalized spacial score (nSPS) is 25.7. The fourth-order valence-corrected chi connectivity index (χ4v) is 1.30. The van der Waals surface area contributed by atoms with Crippen LogP contribution in [-0.4, -0.2) is 35.7 Å². The Bertz CT molecular complexity index is 251. The average molecular weight is 199 g/mol. The van der Waals surface area contributed by atoms with E-state index in [0.29, 0.717) is 19.4 Å². The number of hydrogen-bond donors (Lipinski definition) is 2. The lowest BCUT2D eigenvalue weighted by Gasteiger charge is -2.10. The number of aliphatic carboxylic acids is 1. The molecule has 0 aromatic carbocycles. The van der Waals surface area contributed by atoms with Gasteiger partial charge in [0.2, 0.25) is 5.91 Å². The Hall–Kier alpha value is -1.36. The van der Waals surface area contributed by atoms with Gasteiger partial charge in [-0.1, -0.05) is 6.08 Å². The standard InChI is InChI=1S/C9H13NO4/c1-2-5-10-8(11)6-3-4-7(14-6)9(12)13/h2,6-7H,1,3-5H2,(H,10,11)(H,12,13)/t6-,7+/m0/s1. The van der Waals surface area contributed by atoms with E-state index in [2.05, 4.69) is 11.9 Å². The van der Waals surface area contributed by atoms with Gasteiger partial charge in [-0.15, -0.1) is 6.58 Å². The first-order chi connectivity index (χ1) is 6.65. The van der Waals surface area contributed by atoms with Gasteiger partial charge >= 0.3 is 5.97 Å². The predicted molar refractivity (Wildman–Crippen MR) is 48.7 cm³/mol. The van der Waals surface area contributed by atoms with Crippen LogP contribution >= 0.6 is 0 Å². The molecule has 1 fully saturated rings. The third kappa shape index (κ3) is 2.56. The molecule has 0 aromatic rings. The summed E-state index contributed by atoms with van der Waals surface area (Å²) in [4.78, 5) is 21.8. The van der Waals surface area contributed by atoms with Crippen LogP contribution in [0.25, 0.3) is 0 Å². The summed E-state index contributed by atoms with van der Waals surface area (Å²) in [6.07, 6.45) is 0.939. The number of nitrogens with one attached hydrogen (secondary N) is 1. The Morgan fingerprint density at radius 3 is 2.64 bits per heavy atom. The minimum absolute atomic E-state index is 0.270. The molecule has 1 rings (SSSR count). The maximum Gasteiger partial charge on any atom is 0.332 e. The van der Waals surface area contributed by atoms with E-state index in [4.69, 9.17) is 9.84 Å². The van der Waals surface area contributed by atoms with E-state index in [-0.39, 0.29) is 5.91 Å². The second kappa shape index (κ2) is 4.76. The highest BCUT2D eigenvalue weighted by molar-refractivity contribution is 5.82. The lowest BCUT2D eigenvalue weighted by atomic mass is 10.2. The van der Waals surface area contributed by atoms with Crippen molar-refractivity contribution < 1.29 is 19.4 Å². The van der Waals surface area contributed by atoms with Crippen molar-refractivity contribution >= 4 is 11.9 Å². The summed E-state index contributed by atoms with van der Waals surface area (Å²) in [7, 11) is 0. The first kappa shape index (κ1) is 10.7. The van der Waals surface area contributed by atoms with E-state index in [1.165, 1.54) is 0 Å². The summed E-state index contributed by atoms with van der Waals surface area (Å²) in [6, 6.07) is 0. The SMILES string of the molecule is C=CCNC(=O)[C@@H]1CC[C@H](C(=O)O)O1. The number of carboxylic acid groups (broad SMARTS) is 1. The molecule has 1 amide bonds. The summed E-state index contributed by atoms with van der Waals surface area (Å²) in [5.74, 6) is -1.28. The number of amides is 1. The van der Waals surface area contributed by atoms with Crippen LogP contribution in [0.5, 0.6) is 0 Å². The fraction of sp³-hybridized carbons (Fsp3) is 0.556. The van der Waals surface area contributed by atoms with Crippen molar-refractivity contribution in [1.29, 1.82) is 0 Å². The third-order valence-electron chi connectivity index (χ3n) is 2.01. The highest BCUT2D eigenvalue weighted by atomic mass is 16.5. The van der Waals surface area contributed by atoms with Crippen molar-refractivity contribution in [2.75, 3.05) is 6.54 Å². The van der Waals surface area contributed by atoms with E-state index >= 15 is 0 Å².